The SMILES string of the molecule is CC(c1ccccn1)N1CCCCC1CCN. The molecular formula is C14H23N3. The van der Waals surface area contributed by atoms with Crippen molar-refractivity contribution in [2.75, 3.05) is 13.1 Å². The third-order valence-electron chi connectivity index (χ3n) is 3.79. The molecule has 1 fully saturated rings. The molecule has 0 radical (unpaired) electrons. The Kier molecular flexibility index (Phi) is 4.51. The molecule has 0 amide bonds. The summed E-state index contributed by atoms with van der Waals surface area (Å²) in [7, 11) is 0. The van der Waals surface area contributed by atoms with E-state index < -0.39 is 0 Å². The summed E-state index contributed by atoms with van der Waals surface area (Å²) >= 11 is 0. The van der Waals surface area contributed by atoms with Gasteiger partial charge in [-0.3, -0.25) is 9.88 Å². The van der Waals surface area contributed by atoms with Gasteiger partial charge in [0.15, 0.2) is 0 Å². The van der Waals surface area contributed by atoms with Crippen molar-refractivity contribution in [2.24, 2.45) is 5.73 Å². The topological polar surface area (TPSA) is 42.2 Å². The van der Waals surface area contributed by atoms with Crippen molar-refractivity contribution in [1.29, 1.82) is 0 Å². The average molecular weight is 233 g/mol. The molecule has 1 aliphatic heterocycles. The molecule has 0 spiro atoms. The summed E-state index contributed by atoms with van der Waals surface area (Å²) in [5.41, 5.74) is 6.90. The maximum Gasteiger partial charge on any atom is 0.0572 e. The lowest BCUT2D eigenvalue weighted by Gasteiger charge is -2.39. The van der Waals surface area contributed by atoms with Gasteiger partial charge in [-0.05, 0) is 51.4 Å². The zero-order chi connectivity index (χ0) is 12.1. The molecule has 3 heteroatoms. The molecule has 17 heavy (non-hydrogen) atoms. The Bertz CT molecular complexity index is 323. The monoisotopic (exact) mass is 233 g/mol. The maximum atomic E-state index is 5.72. The highest BCUT2D eigenvalue weighted by molar-refractivity contribution is 5.08. The van der Waals surface area contributed by atoms with Crippen LogP contribution in [-0.4, -0.2) is 29.0 Å². The van der Waals surface area contributed by atoms with Crippen LogP contribution in [0.5, 0.6) is 0 Å². The van der Waals surface area contributed by atoms with Crippen molar-refractivity contribution in [3.63, 3.8) is 0 Å². The standard InChI is InChI=1S/C14H23N3/c1-12(14-7-2-4-10-16-14)17-11-5-3-6-13(17)8-9-15/h2,4,7,10,12-13H,3,5-6,8-9,11,15H2,1H3. The lowest BCUT2D eigenvalue weighted by Crippen LogP contribution is -2.42. The van der Waals surface area contributed by atoms with E-state index in [2.05, 4.69) is 28.9 Å². The van der Waals surface area contributed by atoms with Crippen molar-refractivity contribution in [3.8, 4) is 0 Å². The molecule has 3 nitrogen and oxygen atoms in total. The minimum atomic E-state index is 0.410. The van der Waals surface area contributed by atoms with Crippen LogP contribution < -0.4 is 5.73 Å². The molecule has 0 saturated carbocycles. The van der Waals surface area contributed by atoms with Crippen LogP contribution in [-0.2, 0) is 0 Å². The molecule has 2 rings (SSSR count). The summed E-state index contributed by atoms with van der Waals surface area (Å²) in [5.74, 6) is 0. The molecular weight excluding hydrogens is 210 g/mol. The lowest BCUT2D eigenvalue weighted by molar-refractivity contribution is 0.0964. The predicted molar refractivity (Wildman–Crippen MR) is 70.7 cm³/mol. The van der Waals surface area contributed by atoms with Crippen molar-refractivity contribution in [2.45, 2.75) is 44.7 Å². The summed E-state index contributed by atoms with van der Waals surface area (Å²) in [4.78, 5) is 7.06. The zero-order valence-corrected chi connectivity index (χ0v) is 10.7. The van der Waals surface area contributed by atoms with Gasteiger partial charge in [-0.1, -0.05) is 12.5 Å². The van der Waals surface area contributed by atoms with Gasteiger partial charge in [0.25, 0.3) is 0 Å². The van der Waals surface area contributed by atoms with Gasteiger partial charge < -0.3 is 5.73 Å². The predicted octanol–water partition coefficient (Wildman–Crippen LogP) is 2.35. The molecule has 0 aliphatic carbocycles. The van der Waals surface area contributed by atoms with Crippen LogP contribution in [0.3, 0.4) is 0 Å². The van der Waals surface area contributed by atoms with Crippen molar-refractivity contribution in [3.05, 3.63) is 30.1 Å². The van der Waals surface area contributed by atoms with Crippen molar-refractivity contribution >= 4 is 0 Å². The first-order valence-corrected chi connectivity index (χ1v) is 6.69. The fourth-order valence-electron chi connectivity index (χ4n) is 2.83. The third-order valence-corrected chi connectivity index (χ3v) is 3.79. The zero-order valence-electron chi connectivity index (χ0n) is 10.7. The Morgan fingerprint density at radius 2 is 2.35 bits per heavy atom. The summed E-state index contributed by atoms with van der Waals surface area (Å²) in [6.07, 6.45) is 6.92. The molecule has 2 unspecified atom stereocenters. The third kappa shape index (κ3) is 3.05. The van der Waals surface area contributed by atoms with Gasteiger partial charge in [0.1, 0.15) is 0 Å². The van der Waals surface area contributed by atoms with Crippen LogP contribution in [0.25, 0.3) is 0 Å². The highest BCUT2D eigenvalue weighted by Crippen LogP contribution is 2.28. The Hall–Kier alpha value is -0.930. The summed E-state index contributed by atoms with van der Waals surface area (Å²) in [6, 6.07) is 7.22. The fraction of sp³-hybridized carbons (Fsp3) is 0.643. The molecule has 0 bridgehead atoms. The molecule has 2 heterocycles. The van der Waals surface area contributed by atoms with Gasteiger partial charge in [-0.15, -0.1) is 0 Å². The van der Waals surface area contributed by atoms with Crippen LogP contribution in [0, 0.1) is 0 Å². The van der Waals surface area contributed by atoms with E-state index in [-0.39, 0.29) is 0 Å². The number of hydrogen-bond acceptors (Lipinski definition) is 3. The number of nitrogens with two attached hydrogens (primary N) is 1. The minimum Gasteiger partial charge on any atom is -0.330 e. The highest BCUT2D eigenvalue weighted by atomic mass is 15.2. The summed E-state index contributed by atoms with van der Waals surface area (Å²) < 4.78 is 0. The van der Waals surface area contributed by atoms with E-state index in [0.717, 1.165) is 13.0 Å². The number of nitrogens with zero attached hydrogens (tertiary/aromatic N) is 2. The molecule has 2 N–H and O–H groups in total. The molecule has 1 aromatic heterocycles. The molecule has 94 valence electrons. The van der Waals surface area contributed by atoms with Gasteiger partial charge in [-0.2, -0.15) is 0 Å². The Morgan fingerprint density at radius 3 is 3.06 bits per heavy atom. The largest absolute Gasteiger partial charge is 0.330 e. The first-order valence-electron chi connectivity index (χ1n) is 6.69. The smallest absolute Gasteiger partial charge is 0.0572 e. The number of piperidine rings is 1. The number of pyridine rings is 1. The molecule has 1 aliphatic rings. The number of aromatic nitrogens is 1. The minimum absolute atomic E-state index is 0.410. The van der Waals surface area contributed by atoms with Crippen molar-refractivity contribution < 1.29 is 0 Å². The Labute approximate surface area is 104 Å². The van der Waals surface area contributed by atoms with E-state index in [4.69, 9.17) is 5.73 Å². The van der Waals surface area contributed by atoms with Gasteiger partial charge in [0, 0.05) is 18.3 Å². The normalized spacial score (nSPS) is 23.5. The second-order valence-corrected chi connectivity index (χ2v) is 4.90. The van der Waals surface area contributed by atoms with Crippen LogP contribution in [0.15, 0.2) is 24.4 Å². The molecule has 1 saturated heterocycles. The highest BCUT2D eigenvalue weighted by Gasteiger charge is 2.26. The quantitative estimate of drug-likeness (QED) is 0.868. The van der Waals surface area contributed by atoms with Crippen LogP contribution in [0.1, 0.15) is 44.3 Å². The Morgan fingerprint density at radius 1 is 1.47 bits per heavy atom. The van der Waals surface area contributed by atoms with E-state index in [9.17, 15) is 0 Å². The lowest BCUT2D eigenvalue weighted by atomic mass is 9.96. The van der Waals surface area contributed by atoms with Gasteiger partial charge in [-0.25, -0.2) is 0 Å². The van der Waals surface area contributed by atoms with Gasteiger partial charge >= 0.3 is 0 Å². The fourth-order valence-corrected chi connectivity index (χ4v) is 2.83. The van der Waals surface area contributed by atoms with Crippen molar-refractivity contribution in [1.82, 2.24) is 9.88 Å². The number of likely N-dealkylation sites (tertiary alicyclic amines) is 1. The Balaban J connectivity index is 2.08. The van der Waals surface area contributed by atoms with Crippen LogP contribution >= 0.6 is 0 Å². The summed E-state index contributed by atoms with van der Waals surface area (Å²) in [5, 5.41) is 0. The van der Waals surface area contributed by atoms with Gasteiger partial charge in [0.2, 0.25) is 0 Å². The average Bonchev–Trinajstić information content (AvgIpc) is 2.40. The second-order valence-electron chi connectivity index (χ2n) is 4.90. The second kappa shape index (κ2) is 6.12. The maximum absolute atomic E-state index is 5.72. The van der Waals surface area contributed by atoms with E-state index in [1.807, 2.05) is 12.3 Å². The first kappa shape index (κ1) is 12.5. The van der Waals surface area contributed by atoms with E-state index in [1.54, 1.807) is 0 Å². The first-order chi connectivity index (χ1) is 8.33. The molecule has 1 aromatic rings. The van der Waals surface area contributed by atoms with E-state index in [1.165, 1.54) is 31.5 Å². The molecule has 0 aromatic carbocycles. The molecule has 2 atom stereocenters. The van der Waals surface area contributed by atoms with Gasteiger partial charge in [0.05, 0.1) is 5.69 Å². The number of hydrogen-bond donors (Lipinski definition) is 1. The van der Waals surface area contributed by atoms with E-state index in [0.29, 0.717) is 12.1 Å². The van der Waals surface area contributed by atoms with E-state index >= 15 is 0 Å². The number of rotatable bonds is 4. The van der Waals surface area contributed by atoms with Crippen LogP contribution in [0.4, 0.5) is 0 Å². The van der Waals surface area contributed by atoms with Crippen LogP contribution in [0.2, 0.25) is 0 Å². The summed E-state index contributed by atoms with van der Waals surface area (Å²) in [6.45, 7) is 4.23.